The van der Waals surface area contributed by atoms with Crippen LogP contribution >= 0.6 is 0 Å². The Bertz CT molecular complexity index is 694. The van der Waals surface area contributed by atoms with Crippen LogP contribution in [0.25, 0.3) is 0 Å². The normalized spacial score (nSPS) is 12.6. The fourth-order valence-corrected chi connectivity index (χ4v) is 4.00. The number of benzene rings is 1. The van der Waals surface area contributed by atoms with Crippen molar-refractivity contribution in [3.05, 3.63) is 23.3 Å². The largest absolute Gasteiger partial charge is 0.397 e. The minimum atomic E-state index is -3.81. The second-order valence-corrected chi connectivity index (χ2v) is 8.75. The molecule has 1 aromatic carbocycles. The molecular weight excluding hydrogens is 300 g/mol. The Morgan fingerprint density at radius 2 is 1.65 bits per heavy atom. The molecule has 0 saturated carbocycles. The van der Waals surface area contributed by atoms with Crippen LogP contribution in [-0.2, 0) is 19.9 Å². The average Bonchev–Trinajstić information content (AvgIpc) is 2.33. The van der Waals surface area contributed by atoms with Crippen molar-refractivity contribution in [1.29, 1.82) is 0 Å². The predicted octanol–water partition coefficient (Wildman–Crippen LogP) is 0.599. The van der Waals surface area contributed by atoms with Crippen LogP contribution < -0.4 is 10.5 Å². The van der Waals surface area contributed by atoms with E-state index >= 15 is 0 Å². The summed E-state index contributed by atoms with van der Waals surface area (Å²) < 4.78 is 49.4. The number of sulfone groups is 1. The Kier molecular flexibility index (Phi) is 5.17. The van der Waals surface area contributed by atoms with Gasteiger partial charge in [0.2, 0.25) is 10.0 Å². The number of nitrogens with one attached hydrogen (secondary N) is 1. The second-order valence-electron chi connectivity index (χ2n) is 4.58. The monoisotopic (exact) mass is 320 g/mol. The van der Waals surface area contributed by atoms with Gasteiger partial charge in [-0.05, 0) is 25.0 Å². The Hall–Kier alpha value is -1.12. The lowest BCUT2D eigenvalue weighted by atomic mass is 10.1. The molecular formula is C12H20N2O4S2. The van der Waals surface area contributed by atoms with Crippen LogP contribution in [0, 0.1) is 13.8 Å². The van der Waals surface area contributed by atoms with E-state index in [4.69, 9.17) is 5.73 Å². The maximum absolute atomic E-state index is 12.2. The summed E-state index contributed by atoms with van der Waals surface area (Å²) in [6.45, 7) is 4.72. The molecule has 0 bridgehead atoms. The lowest BCUT2D eigenvalue weighted by molar-refractivity contribution is 0.581. The number of hydrogen-bond donors (Lipinski definition) is 2. The van der Waals surface area contributed by atoms with Crippen molar-refractivity contribution < 1.29 is 16.8 Å². The third kappa shape index (κ3) is 3.94. The van der Waals surface area contributed by atoms with Gasteiger partial charge in [0.1, 0.15) is 4.90 Å². The number of nitrogens with two attached hydrogens (primary N) is 1. The molecule has 0 radical (unpaired) electrons. The van der Waals surface area contributed by atoms with Crippen molar-refractivity contribution in [2.24, 2.45) is 0 Å². The Morgan fingerprint density at radius 1 is 1.10 bits per heavy atom. The van der Waals surface area contributed by atoms with Gasteiger partial charge >= 0.3 is 0 Å². The van der Waals surface area contributed by atoms with Gasteiger partial charge in [0.15, 0.2) is 9.84 Å². The number of sulfonamides is 1. The lowest BCUT2D eigenvalue weighted by Gasteiger charge is -2.13. The molecule has 0 saturated heterocycles. The Morgan fingerprint density at radius 3 is 2.20 bits per heavy atom. The van der Waals surface area contributed by atoms with Crippen LogP contribution in [0.1, 0.15) is 18.1 Å². The van der Waals surface area contributed by atoms with Crippen molar-refractivity contribution in [1.82, 2.24) is 4.72 Å². The summed E-state index contributed by atoms with van der Waals surface area (Å²) in [5.74, 6) is -0.242. The molecule has 114 valence electrons. The minimum absolute atomic E-state index is 0.0136. The molecule has 0 aliphatic rings. The summed E-state index contributed by atoms with van der Waals surface area (Å²) in [5.41, 5.74) is 7.20. The van der Waals surface area contributed by atoms with E-state index < -0.39 is 19.9 Å². The number of aryl methyl sites for hydroxylation is 2. The summed E-state index contributed by atoms with van der Waals surface area (Å²) >= 11 is 0. The van der Waals surface area contributed by atoms with Crippen LogP contribution in [0.15, 0.2) is 17.0 Å². The molecule has 3 N–H and O–H groups in total. The number of rotatable bonds is 6. The molecule has 0 aliphatic heterocycles. The van der Waals surface area contributed by atoms with E-state index in [9.17, 15) is 16.8 Å². The first-order chi connectivity index (χ1) is 9.10. The molecule has 20 heavy (non-hydrogen) atoms. The summed E-state index contributed by atoms with van der Waals surface area (Å²) in [6, 6.07) is 3.41. The van der Waals surface area contributed by atoms with E-state index in [0.29, 0.717) is 11.1 Å². The van der Waals surface area contributed by atoms with Gasteiger partial charge in [-0.3, -0.25) is 0 Å². The minimum Gasteiger partial charge on any atom is -0.397 e. The summed E-state index contributed by atoms with van der Waals surface area (Å²) in [7, 11) is -7.02. The first-order valence-corrected chi connectivity index (χ1v) is 9.47. The maximum atomic E-state index is 12.2. The number of anilines is 1. The molecule has 0 spiro atoms. The Labute approximate surface area is 120 Å². The zero-order valence-corrected chi connectivity index (χ0v) is 13.4. The number of hydrogen-bond acceptors (Lipinski definition) is 5. The molecule has 1 rings (SSSR count). The summed E-state index contributed by atoms with van der Waals surface area (Å²) in [4.78, 5) is 0.0198. The Balaban J connectivity index is 2.99. The highest BCUT2D eigenvalue weighted by Gasteiger charge is 2.21. The van der Waals surface area contributed by atoms with E-state index in [1.54, 1.807) is 26.0 Å². The van der Waals surface area contributed by atoms with Gasteiger partial charge < -0.3 is 5.73 Å². The smallest absolute Gasteiger partial charge is 0.242 e. The van der Waals surface area contributed by atoms with Crippen LogP contribution in [-0.4, -0.2) is 34.9 Å². The predicted molar refractivity (Wildman–Crippen MR) is 79.8 cm³/mol. The summed E-state index contributed by atoms with van der Waals surface area (Å²) in [6.07, 6.45) is 0. The first-order valence-electron chi connectivity index (χ1n) is 6.16. The van der Waals surface area contributed by atoms with E-state index in [1.165, 1.54) is 6.92 Å². The standard InChI is InChI=1S/C12H20N2O4S2/c1-4-19(15,16)8-7-14-20(17,18)12-10(3)6-5-9(2)11(12)13/h5-6,14H,4,7-8,13H2,1-3H3. The first kappa shape index (κ1) is 16.9. The van der Waals surface area contributed by atoms with E-state index in [1.807, 2.05) is 0 Å². The highest BCUT2D eigenvalue weighted by Crippen LogP contribution is 2.25. The number of nitrogen functional groups attached to an aromatic ring is 1. The van der Waals surface area contributed by atoms with Crippen LogP contribution in [0.4, 0.5) is 5.69 Å². The topological polar surface area (TPSA) is 106 Å². The van der Waals surface area contributed by atoms with Gasteiger partial charge in [0, 0.05) is 12.3 Å². The van der Waals surface area contributed by atoms with E-state index in [-0.39, 0.29) is 28.6 Å². The fourth-order valence-electron chi connectivity index (χ4n) is 1.71. The maximum Gasteiger partial charge on any atom is 0.242 e. The SMILES string of the molecule is CCS(=O)(=O)CCNS(=O)(=O)c1c(C)ccc(C)c1N. The van der Waals surface area contributed by atoms with Crippen LogP contribution in [0.5, 0.6) is 0 Å². The zero-order chi connectivity index (χ0) is 15.6. The lowest BCUT2D eigenvalue weighted by Crippen LogP contribution is -2.30. The average molecular weight is 320 g/mol. The molecule has 0 aliphatic carbocycles. The van der Waals surface area contributed by atoms with Crippen molar-refractivity contribution >= 4 is 25.5 Å². The molecule has 6 nitrogen and oxygen atoms in total. The molecule has 0 aromatic heterocycles. The van der Waals surface area contributed by atoms with Crippen molar-refractivity contribution in [3.63, 3.8) is 0 Å². The third-order valence-corrected chi connectivity index (χ3v) is 6.39. The van der Waals surface area contributed by atoms with Crippen LogP contribution in [0.2, 0.25) is 0 Å². The highest BCUT2D eigenvalue weighted by atomic mass is 32.2. The van der Waals surface area contributed by atoms with Gasteiger partial charge in [-0.15, -0.1) is 0 Å². The van der Waals surface area contributed by atoms with Gasteiger partial charge in [-0.2, -0.15) is 0 Å². The molecule has 0 heterocycles. The molecule has 0 unspecified atom stereocenters. The molecule has 0 fully saturated rings. The van der Waals surface area contributed by atoms with Gasteiger partial charge in [0.05, 0.1) is 11.4 Å². The highest BCUT2D eigenvalue weighted by molar-refractivity contribution is 7.91. The fraction of sp³-hybridized carbons (Fsp3) is 0.500. The van der Waals surface area contributed by atoms with Crippen molar-refractivity contribution in [2.75, 3.05) is 23.8 Å². The van der Waals surface area contributed by atoms with E-state index in [0.717, 1.165) is 0 Å². The summed E-state index contributed by atoms with van der Waals surface area (Å²) in [5, 5.41) is 0. The molecule has 0 atom stereocenters. The second kappa shape index (κ2) is 6.11. The molecule has 1 aromatic rings. The zero-order valence-electron chi connectivity index (χ0n) is 11.8. The van der Waals surface area contributed by atoms with Crippen molar-refractivity contribution in [2.45, 2.75) is 25.7 Å². The van der Waals surface area contributed by atoms with Crippen LogP contribution in [0.3, 0.4) is 0 Å². The molecule has 8 heteroatoms. The third-order valence-electron chi connectivity index (χ3n) is 3.02. The van der Waals surface area contributed by atoms with Crippen molar-refractivity contribution in [3.8, 4) is 0 Å². The van der Waals surface area contributed by atoms with Gasteiger partial charge in [-0.1, -0.05) is 19.1 Å². The van der Waals surface area contributed by atoms with Gasteiger partial charge in [-0.25, -0.2) is 21.6 Å². The quantitative estimate of drug-likeness (QED) is 0.747. The molecule has 0 amide bonds. The van der Waals surface area contributed by atoms with Gasteiger partial charge in [0.25, 0.3) is 0 Å². The van der Waals surface area contributed by atoms with E-state index in [2.05, 4.69) is 4.72 Å².